The van der Waals surface area contributed by atoms with E-state index in [1.807, 2.05) is 34.6 Å². The Kier molecular flexibility index (Phi) is 6.44. The van der Waals surface area contributed by atoms with Crippen LogP contribution < -0.4 is 0 Å². The van der Waals surface area contributed by atoms with Crippen molar-refractivity contribution in [2.75, 3.05) is 13.1 Å². The fourth-order valence-corrected chi connectivity index (χ4v) is 4.08. The van der Waals surface area contributed by atoms with Crippen molar-refractivity contribution in [3.05, 3.63) is 37.2 Å². The number of thioether (sulfide) groups is 1. The minimum atomic E-state index is -0.189. The first kappa shape index (κ1) is 18.6. The van der Waals surface area contributed by atoms with E-state index in [0.717, 1.165) is 42.5 Å². The van der Waals surface area contributed by atoms with Gasteiger partial charge in [-0.3, -0.25) is 14.3 Å². The lowest BCUT2D eigenvalue weighted by Gasteiger charge is -2.23. The fraction of sp³-hybridized carbons (Fsp3) is 0.474. The Bertz CT molecular complexity index is 738. The summed E-state index contributed by atoms with van der Waals surface area (Å²) in [7, 11) is 0. The van der Waals surface area contributed by atoms with E-state index < -0.39 is 0 Å². The number of aromatic nitrogens is 4. The number of nitrogens with zero attached hydrogens (tertiary/aromatic N) is 5. The molecule has 1 aliphatic rings. The number of allylic oxidation sites excluding steroid dienone is 1. The second kappa shape index (κ2) is 8.98. The normalized spacial score (nSPS) is 16.1. The molecule has 0 saturated carbocycles. The van der Waals surface area contributed by atoms with Gasteiger partial charge in [-0.2, -0.15) is 0 Å². The Labute approximate surface area is 158 Å². The van der Waals surface area contributed by atoms with Crippen molar-refractivity contribution in [3.8, 4) is 11.4 Å². The van der Waals surface area contributed by atoms with Crippen LogP contribution >= 0.6 is 11.8 Å². The number of likely N-dealkylation sites (tertiary alicyclic amines) is 1. The largest absolute Gasteiger partial charge is 0.342 e. The number of carbonyl (C=O) groups is 1. The van der Waals surface area contributed by atoms with E-state index >= 15 is 0 Å². The van der Waals surface area contributed by atoms with Gasteiger partial charge in [0, 0.05) is 37.6 Å². The standard InChI is InChI=1S/C19H25N5OS/c1-3-12-24-17(16-8-10-20-11-9-16)21-22-19(24)26-15(2)18(25)23-13-6-4-5-7-14-23/h3,8-11,15H,1,4-7,12-14H2,2H3. The average molecular weight is 372 g/mol. The minimum Gasteiger partial charge on any atom is -0.342 e. The Morgan fingerprint density at radius 1 is 1.23 bits per heavy atom. The van der Waals surface area contributed by atoms with Gasteiger partial charge in [-0.25, -0.2) is 0 Å². The number of pyridine rings is 1. The maximum absolute atomic E-state index is 12.8. The van der Waals surface area contributed by atoms with Crippen LogP contribution in [0.25, 0.3) is 11.4 Å². The zero-order valence-electron chi connectivity index (χ0n) is 15.2. The van der Waals surface area contributed by atoms with Crippen LogP contribution in [-0.2, 0) is 11.3 Å². The van der Waals surface area contributed by atoms with Crippen molar-refractivity contribution in [2.45, 2.75) is 49.6 Å². The molecule has 138 valence electrons. The van der Waals surface area contributed by atoms with Crippen LogP contribution in [0.4, 0.5) is 0 Å². The summed E-state index contributed by atoms with van der Waals surface area (Å²) < 4.78 is 2.00. The van der Waals surface area contributed by atoms with Gasteiger partial charge in [-0.05, 0) is 31.9 Å². The minimum absolute atomic E-state index is 0.189. The zero-order chi connectivity index (χ0) is 18.4. The Balaban J connectivity index is 1.77. The highest BCUT2D eigenvalue weighted by atomic mass is 32.2. The molecule has 1 aliphatic heterocycles. The molecule has 1 saturated heterocycles. The SMILES string of the molecule is C=CCn1c(SC(C)C(=O)N2CCCCCC2)nnc1-c1ccncc1. The van der Waals surface area contributed by atoms with Gasteiger partial charge in [0.15, 0.2) is 11.0 Å². The van der Waals surface area contributed by atoms with Crippen LogP contribution in [0.15, 0.2) is 42.3 Å². The summed E-state index contributed by atoms with van der Waals surface area (Å²) in [5.41, 5.74) is 0.952. The monoisotopic (exact) mass is 371 g/mol. The summed E-state index contributed by atoms with van der Waals surface area (Å²) >= 11 is 1.47. The lowest BCUT2D eigenvalue weighted by molar-refractivity contribution is -0.130. The third kappa shape index (κ3) is 4.33. The number of hydrogen-bond donors (Lipinski definition) is 0. The van der Waals surface area contributed by atoms with Gasteiger partial charge in [-0.15, -0.1) is 16.8 Å². The summed E-state index contributed by atoms with van der Waals surface area (Å²) in [6, 6.07) is 3.81. The maximum Gasteiger partial charge on any atom is 0.235 e. The summed E-state index contributed by atoms with van der Waals surface area (Å²) in [4.78, 5) is 18.9. The molecule has 1 atom stereocenters. The van der Waals surface area contributed by atoms with E-state index in [0.29, 0.717) is 6.54 Å². The fourth-order valence-electron chi connectivity index (χ4n) is 3.14. The van der Waals surface area contributed by atoms with Gasteiger partial charge in [0.1, 0.15) is 0 Å². The van der Waals surface area contributed by atoms with Gasteiger partial charge in [0.25, 0.3) is 0 Å². The number of hydrogen-bond acceptors (Lipinski definition) is 5. The number of carbonyl (C=O) groups excluding carboxylic acids is 1. The van der Waals surface area contributed by atoms with Crippen molar-refractivity contribution >= 4 is 17.7 Å². The first-order valence-electron chi connectivity index (χ1n) is 9.10. The summed E-state index contributed by atoms with van der Waals surface area (Å²) in [6.45, 7) is 8.12. The summed E-state index contributed by atoms with van der Waals surface area (Å²) in [5, 5.41) is 9.22. The zero-order valence-corrected chi connectivity index (χ0v) is 16.0. The molecule has 2 aromatic rings. The Hall–Kier alpha value is -2.15. The second-order valence-corrected chi connectivity index (χ2v) is 7.75. The second-order valence-electron chi connectivity index (χ2n) is 6.44. The lowest BCUT2D eigenvalue weighted by Crippen LogP contribution is -2.37. The summed E-state index contributed by atoms with van der Waals surface area (Å²) in [5.74, 6) is 0.958. The van der Waals surface area contributed by atoms with Crippen LogP contribution in [0.5, 0.6) is 0 Å². The smallest absolute Gasteiger partial charge is 0.235 e. The van der Waals surface area contributed by atoms with Crippen molar-refractivity contribution in [3.63, 3.8) is 0 Å². The van der Waals surface area contributed by atoms with E-state index in [9.17, 15) is 4.79 Å². The first-order valence-corrected chi connectivity index (χ1v) is 9.98. The topological polar surface area (TPSA) is 63.9 Å². The molecule has 6 nitrogen and oxygen atoms in total. The molecule has 2 aromatic heterocycles. The predicted molar refractivity (Wildman–Crippen MR) is 104 cm³/mol. The highest BCUT2D eigenvalue weighted by Crippen LogP contribution is 2.28. The van der Waals surface area contributed by atoms with Gasteiger partial charge < -0.3 is 4.90 Å². The third-order valence-electron chi connectivity index (χ3n) is 4.51. The summed E-state index contributed by atoms with van der Waals surface area (Å²) in [6.07, 6.45) is 9.92. The molecule has 1 fully saturated rings. The molecule has 3 heterocycles. The van der Waals surface area contributed by atoms with Gasteiger partial charge in [0.2, 0.25) is 5.91 Å². The molecule has 0 spiro atoms. The van der Waals surface area contributed by atoms with Crippen molar-refractivity contribution < 1.29 is 4.79 Å². The molecule has 1 unspecified atom stereocenters. The molecule has 0 bridgehead atoms. The number of rotatable bonds is 6. The van der Waals surface area contributed by atoms with Crippen LogP contribution in [0.3, 0.4) is 0 Å². The van der Waals surface area contributed by atoms with Gasteiger partial charge in [-0.1, -0.05) is 30.7 Å². The van der Waals surface area contributed by atoms with E-state index in [-0.39, 0.29) is 11.2 Å². The molecule has 1 amide bonds. The van der Waals surface area contributed by atoms with Gasteiger partial charge in [0.05, 0.1) is 5.25 Å². The van der Waals surface area contributed by atoms with Crippen LogP contribution in [-0.4, -0.2) is 48.9 Å². The highest BCUT2D eigenvalue weighted by molar-refractivity contribution is 8.00. The average Bonchev–Trinajstić information content (AvgIpc) is 2.87. The number of amides is 1. The third-order valence-corrected chi connectivity index (χ3v) is 5.58. The quantitative estimate of drug-likeness (QED) is 0.575. The Morgan fingerprint density at radius 3 is 2.58 bits per heavy atom. The molecule has 0 radical (unpaired) electrons. The van der Waals surface area contributed by atoms with E-state index in [2.05, 4.69) is 21.8 Å². The van der Waals surface area contributed by atoms with E-state index in [4.69, 9.17) is 0 Å². The predicted octanol–water partition coefficient (Wildman–Crippen LogP) is 3.41. The van der Waals surface area contributed by atoms with Crippen molar-refractivity contribution in [1.29, 1.82) is 0 Å². The molecular formula is C19H25N5OS. The first-order chi connectivity index (χ1) is 12.7. The van der Waals surface area contributed by atoms with Crippen molar-refractivity contribution in [1.82, 2.24) is 24.6 Å². The lowest BCUT2D eigenvalue weighted by atomic mass is 10.2. The molecule has 0 N–H and O–H groups in total. The van der Waals surface area contributed by atoms with Crippen LogP contribution in [0, 0.1) is 0 Å². The van der Waals surface area contributed by atoms with E-state index in [1.54, 1.807) is 12.4 Å². The van der Waals surface area contributed by atoms with E-state index in [1.165, 1.54) is 24.6 Å². The molecule has 3 rings (SSSR count). The van der Waals surface area contributed by atoms with Crippen LogP contribution in [0.1, 0.15) is 32.6 Å². The van der Waals surface area contributed by atoms with Gasteiger partial charge >= 0.3 is 0 Å². The van der Waals surface area contributed by atoms with Crippen LogP contribution in [0.2, 0.25) is 0 Å². The highest BCUT2D eigenvalue weighted by Gasteiger charge is 2.25. The molecular weight excluding hydrogens is 346 g/mol. The Morgan fingerprint density at radius 2 is 1.92 bits per heavy atom. The van der Waals surface area contributed by atoms with Crippen molar-refractivity contribution in [2.24, 2.45) is 0 Å². The molecule has 0 aromatic carbocycles. The molecule has 0 aliphatic carbocycles. The maximum atomic E-state index is 12.8. The molecule has 7 heteroatoms. The molecule has 26 heavy (non-hydrogen) atoms.